The predicted octanol–water partition coefficient (Wildman–Crippen LogP) is 3.58. The van der Waals surface area contributed by atoms with Crippen molar-refractivity contribution >= 4 is 11.9 Å². The molecule has 23 heavy (non-hydrogen) atoms. The lowest BCUT2D eigenvalue weighted by atomic mass is 10.0. The predicted molar refractivity (Wildman–Crippen MR) is 90.2 cm³/mol. The molecule has 0 saturated carbocycles. The monoisotopic (exact) mass is 311 g/mol. The molecule has 120 valence electrons. The normalized spacial score (nSPS) is 11.7. The molecule has 2 rings (SSSR count). The van der Waals surface area contributed by atoms with E-state index >= 15 is 0 Å². The van der Waals surface area contributed by atoms with Gasteiger partial charge in [0.15, 0.2) is 0 Å². The van der Waals surface area contributed by atoms with E-state index in [0.717, 1.165) is 17.5 Å². The third-order valence-electron chi connectivity index (χ3n) is 3.75. The van der Waals surface area contributed by atoms with Gasteiger partial charge in [-0.3, -0.25) is 9.59 Å². The van der Waals surface area contributed by atoms with Gasteiger partial charge in [0, 0.05) is 12.1 Å². The van der Waals surface area contributed by atoms with Crippen LogP contribution in [0.3, 0.4) is 0 Å². The summed E-state index contributed by atoms with van der Waals surface area (Å²) >= 11 is 0. The van der Waals surface area contributed by atoms with Crippen LogP contribution >= 0.6 is 0 Å². The minimum absolute atomic E-state index is 0.155. The topological polar surface area (TPSA) is 66.4 Å². The highest BCUT2D eigenvalue weighted by Crippen LogP contribution is 2.19. The Morgan fingerprint density at radius 3 is 2.17 bits per heavy atom. The highest BCUT2D eigenvalue weighted by atomic mass is 16.4. The van der Waals surface area contributed by atoms with Crippen molar-refractivity contribution in [2.45, 2.75) is 19.8 Å². The highest BCUT2D eigenvalue weighted by Gasteiger charge is 2.17. The van der Waals surface area contributed by atoms with E-state index in [9.17, 15) is 9.59 Å². The molecule has 0 spiro atoms. The summed E-state index contributed by atoms with van der Waals surface area (Å²) in [4.78, 5) is 23.2. The van der Waals surface area contributed by atoms with Gasteiger partial charge < -0.3 is 10.4 Å². The third kappa shape index (κ3) is 4.68. The summed E-state index contributed by atoms with van der Waals surface area (Å²) in [5.41, 5.74) is 2.66. The van der Waals surface area contributed by atoms with Gasteiger partial charge in [-0.1, -0.05) is 55.8 Å². The summed E-state index contributed by atoms with van der Waals surface area (Å²) in [6, 6.07) is 17.2. The number of carbonyl (C=O) groups is 2. The molecule has 1 atom stereocenters. The second-order valence-corrected chi connectivity index (χ2v) is 5.48. The molecule has 0 fully saturated rings. The van der Waals surface area contributed by atoms with Crippen molar-refractivity contribution in [2.24, 2.45) is 5.92 Å². The van der Waals surface area contributed by atoms with Crippen LogP contribution in [0.1, 0.15) is 30.1 Å². The van der Waals surface area contributed by atoms with Gasteiger partial charge in [-0.05, 0) is 29.7 Å². The van der Waals surface area contributed by atoms with Crippen molar-refractivity contribution in [1.29, 1.82) is 0 Å². The summed E-state index contributed by atoms with van der Waals surface area (Å²) in [5, 5.41) is 11.8. The van der Waals surface area contributed by atoms with Crippen LogP contribution in [-0.4, -0.2) is 23.5 Å². The zero-order valence-electron chi connectivity index (χ0n) is 13.2. The average Bonchev–Trinajstić information content (AvgIpc) is 2.59. The SMILES string of the molecule is CCCC(CNC(=O)c1ccc(-c2ccccc2)cc1)C(=O)O. The molecule has 2 aromatic carbocycles. The minimum atomic E-state index is -0.869. The fraction of sp³-hybridized carbons (Fsp3) is 0.263. The van der Waals surface area contributed by atoms with Gasteiger partial charge in [0.05, 0.1) is 5.92 Å². The lowest BCUT2D eigenvalue weighted by molar-refractivity contribution is -0.141. The lowest BCUT2D eigenvalue weighted by Crippen LogP contribution is -2.32. The first-order valence-corrected chi connectivity index (χ1v) is 7.78. The molecule has 0 radical (unpaired) electrons. The van der Waals surface area contributed by atoms with Crippen LogP contribution in [0.4, 0.5) is 0 Å². The Kier molecular flexibility index (Phi) is 5.92. The van der Waals surface area contributed by atoms with Crippen molar-refractivity contribution < 1.29 is 14.7 Å². The molecule has 0 saturated heterocycles. The molecule has 1 unspecified atom stereocenters. The van der Waals surface area contributed by atoms with Crippen molar-refractivity contribution in [3.05, 3.63) is 60.2 Å². The second-order valence-electron chi connectivity index (χ2n) is 5.48. The van der Waals surface area contributed by atoms with Crippen LogP contribution in [0.2, 0.25) is 0 Å². The number of carbonyl (C=O) groups excluding carboxylic acids is 1. The fourth-order valence-electron chi connectivity index (χ4n) is 2.42. The van der Waals surface area contributed by atoms with Gasteiger partial charge in [0.2, 0.25) is 0 Å². The van der Waals surface area contributed by atoms with Crippen LogP contribution in [0.25, 0.3) is 11.1 Å². The van der Waals surface area contributed by atoms with E-state index in [2.05, 4.69) is 5.32 Å². The van der Waals surface area contributed by atoms with Crippen LogP contribution in [0.15, 0.2) is 54.6 Å². The van der Waals surface area contributed by atoms with Crippen LogP contribution in [-0.2, 0) is 4.79 Å². The molecule has 0 aromatic heterocycles. The Morgan fingerprint density at radius 2 is 1.61 bits per heavy atom. The Hall–Kier alpha value is -2.62. The van der Waals surface area contributed by atoms with Gasteiger partial charge in [0.1, 0.15) is 0 Å². The molecular weight excluding hydrogens is 290 g/mol. The Balaban J connectivity index is 1.99. The zero-order chi connectivity index (χ0) is 16.7. The molecule has 2 N–H and O–H groups in total. The summed E-state index contributed by atoms with van der Waals surface area (Å²) < 4.78 is 0. The maximum atomic E-state index is 12.1. The van der Waals surface area contributed by atoms with Crippen molar-refractivity contribution in [3.8, 4) is 11.1 Å². The molecular formula is C19H21NO3. The molecule has 2 aromatic rings. The number of nitrogens with one attached hydrogen (secondary N) is 1. The van der Waals surface area contributed by atoms with Crippen molar-refractivity contribution in [3.63, 3.8) is 0 Å². The average molecular weight is 311 g/mol. The molecule has 0 bridgehead atoms. The number of hydrogen-bond acceptors (Lipinski definition) is 2. The van der Waals surface area contributed by atoms with E-state index in [1.807, 2.05) is 49.4 Å². The van der Waals surface area contributed by atoms with Gasteiger partial charge in [-0.25, -0.2) is 0 Å². The summed E-state index contributed by atoms with van der Waals surface area (Å²) in [6.45, 7) is 2.09. The maximum Gasteiger partial charge on any atom is 0.308 e. The van der Waals surface area contributed by atoms with Crippen LogP contribution in [0, 0.1) is 5.92 Å². The number of carboxylic acids is 1. The van der Waals surface area contributed by atoms with Gasteiger partial charge in [0.25, 0.3) is 5.91 Å². The molecule has 4 heteroatoms. The lowest BCUT2D eigenvalue weighted by Gasteiger charge is -2.12. The van der Waals surface area contributed by atoms with E-state index in [1.165, 1.54) is 0 Å². The van der Waals surface area contributed by atoms with E-state index in [-0.39, 0.29) is 12.5 Å². The highest BCUT2D eigenvalue weighted by molar-refractivity contribution is 5.94. The van der Waals surface area contributed by atoms with Gasteiger partial charge >= 0.3 is 5.97 Å². The van der Waals surface area contributed by atoms with Gasteiger partial charge in [-0.2, -0.15) is 0 Å². The quantitative estimate of drug-likeness (QED) is 0.821. The van der Waals surface area contributed by atoms with Crippen molar-refractivity contribution in [1.82, 2.24) is 5.32 Å². The van der Waals surface area contributed by atoms with E-state index in [1.54, 1.807) is 12.1 Å². The summed E-state index contributed by atoms with van der Waals surface area (Å²) in [5.74, 6) is -1.65. The smallest absolute Gasteiger partial charge is 0.308 e. The molecule has 0 aliphatic rings. The van der Waals surface area contributed by atoms with E-state index in [0.29, 0.717) is 12.0 Å². The summed E-state index contributed by atoms with van der Waals surface area (Å²) in [7, 11) is 0. The number of aliphatic carboxylic acids is 1. The Bertz CT molecular complexity index is 650. The van der Waals surface area contributed by atoms with Gasteiger partial charge in [-0.15, -0.1) is 0 Å². The Morgan fingerprint density at radius 1 is 1.00 bits per heavy atom. The number of amides is 1. The maximum absolute atomic E-state index is 12.1. The third-order valence-corrected chi connectivity index (χ3v) is 3.75. The minimum Gasteiger partial charge on any atom is -0.481 e. The number of hydrogen-bond donors (Lipinski definition) is 2. The number of rotatable bonds is 7. The summed E-state index contributed by atoms with van der Waals surface area (Å²) in [6.07, 6.45) is 1.33. The van der Waals surface area contributed by atoms with E-state index < -0.39 is 11.9 Å². The fourth-order valence-corrected chi connectivity index (χ4v) is 2.42. The number of benzene rings is 2. The zero-order valence-corrected chi connectivity index (χ0v) is 13.2. The molecule has 0 aliphatic carbocycles. The largest absolute Gasteiger partial charge is 0.481 e. The molecule has 0 heterocycles. The van der Waals surface area contributed by atoms with Crippen LogP contribution in [0.5, 0.6) is 0 Å². The van der Waals surface area contributed by atoms with Crippen molar-refractivity contribution in [2.75, 3.05) is 6.54 Å². The molecule has 1 amide bonds. The molecule has 0 aliphatic heterocycles. The Labute approximate surface area is 136 Å². The van der Waals surface area contributed by atoms with Crippen LogP contribution < -0.4 is 5.32 Å². The molecule has 4 nitrogen and oxygen atoms in total. The van der Waals surface area contributed by atoms with E-state index in [4.69, 9.17) is 5.11 Å². The standard InChI is InChI=1S/C19H21NO3/c1-2-6-17(19(22)23)13-20-18(21)16-11-9-15(10-12-16)14-7-4-3-5-8-14/h3-5,7-12,17H,2,6,13H2,1H3,(H,20,21)(H,22,23). The first kappa shape index (κ1) is 16.7. The first-order valence-electron chi connectivity index (χ1n) is 7.78. The first-order chi connectivity index (χ1) is 11.1. The number of carboxylic acid groups (broad SMARTS) is 1. The second kappa shape index (κ2) is 8.13.